The summed E-state index contributed by atoms with van der Waals surface area (Å²) >= 11 is 1.55. The van der Waals surface area contributed by atoms with Crippen LogP contribution >= 0.6 is 11.3 Å². The molecule has 1 aromatic heterocycles. The molecule has 3 rings (SSSR count). The first kappa shape index (κ1) is 19.5. The zero-order chi connectivity index (χ0) is 19.8. The lowest BCUT2D eigenvalue weighted by atomic mass is 9.72. The van der Waals surface area contributed by atoms with E-state index in [2.05, 4.69) is 26.1 Å². The summed E-state index contributed by atoms with van der Waals surface area (Å²) in [6, 6.07) is 5.32. The Kier molecular flexibility index (Phi) is 5.38. The van der Waals surface area contributed by atoms with Gasteiger partial charge in [0.2, 0.25) is 0 Å². The first-order chi connectivity index (χ1) is 12.7. The fraction of sp³-hybridized carbons (Fsp3) is 0.476. The summed E-state index contributed by atoms with van der Waals surface area (Å²) in [5.74, 6) is 1.65. The average molecular weight is 389 g/mol. The third-order valence-electron chi connectivity index (χ3n) is 5.40. The van der Waals surface area contributed by atoms with Crippen molar-refractivity contribution in [3.8, 4) is 11.5 Å². The van der Waals surface area contributed by atoms with Crippen molar-refractivity contribution in [2.75, 3.05) is 25.3 Å². The molecule has 1 aliphatic rings. The summed E-state index contributed by atoms with van der Waals surface area (Å²) in [5.41, 5.74) is 8.82. The molecule has 1 aromatic carbocycles. The minimum absolute atomic E-state index is 0.189. The molecule has 1 unspecified atom stereocenters. The fourth-order valence-electron chi connectivity index (χ4n) is 3.69. The maximum absolute atomic E-state index is 13.0. The maximum Gasteiger partial charge on any atom is 0.259 e. The van der Waals surface area contributed by atoms with Gasteiger partial charge in [0.25, 0.3) is 5.91 Å². The van der Waals surface area contributed by atoms with Crippen molar-refractivity contribution in [1.82, 2.24) is 0 Å². The number of amides is 1. The van der Waals surface area contributed by atoms with Crippen molar-refractivity contribution in [1.29, 1.82) is 0 Å². The highest BCUT2D eigenvalue weighted by Gasteiger charge is 2.33. The van der Waals surface area contributed by atoms with Crippen LogP contribution in [0.3, 0.4) is 0 Å². The number of anilines is 2. The zero-order valence-electron chi connectivity index (χ0n) is 16.6. The number of carbonyl (C=O) groups is 1. The third-order valence-corrected chi connectivity index (χ3v) is 6.48. The highest BCUT2D eigenvalue weighted by molar-refractivity contribution is 7.16. The molecule has 3 N–H and O–H groups in total. The minimum atomic E-state index is -0.189. The van der Waals surface area contributed by atoms with E-state index in [1.807, 2.05) is 0 Å². The summed E-state index contributed by atoms with van der Waals surface area (Å²) < 4.78 is 10.6. The van der Waals surface area contributed by atoms with Gasteiger partial charge < -0.3 is 20.5 Å². The Labute approximate surface area is 164 Å². The second kappa shape index (κ2) is 7.43. The van der Waals surface area contributed by atoms with Crippen LogP contribution in [-0.2, 0) is 12.8 Å². The van der Waals surface area contributed by atoms with E-state index in [1.54, 1.807) is 43.8 Å². The van der Waals surface area contributed by atoms with Gasteiger partial charge in [-0.3, -0.25) is 4.79 Å². The Morgan fingerprint density at radius 2 is 2.00 bits per heavy atom. The fourth-order valence-corrected chi connectivity index (χ4v) is 4.89. The standard InChI is InChI=1S/C21H28N2O3S/c1-21(2,3)12-6-8-14-17(10-12)27-19(22)18(14)20(24)23-15-11-13(25-4)7-9-16(15)26-5/h7,9,11-12H,6,8,10,22H2,1-5H3,(H,23,24). The lowest BCUT2D eigenvalue weighted by Crippen LogP contribution is -2.27. The molecule has 1 atom stereocenters. The molecule has 1 aliphatic carbocycles. The molecule has 0 bridgehead atoms. The second-order valence-electron chi connectivity index (χ2n) is 8.07. The monoisotopic (exact) mass is 388 g/mol. The molecular formula is C21H28N2O3S. The van der Waals surface area contributed by atoms with Crippen LogP contribution in [0, 0.1) is 11.3 Å². The van der Waals surface area contributed by atoms with Gasteiger partial charge in [-0.15, -0.1) is 11.3 Å². The number of methoxy groups -OCH3 is 2. The molecule has 0 spiro atoms. The number of carbonyl (C=O) groups excluding carboxylic acids is 1. The van der Waals surface area contributed by atoms with Crippen LogP contribution in [0.1, 0.15) is 48.0 Å². The van der Waals surface area contributed by atoms with Gasteiger partial charge in [-0.25, -0.2) is 0 Å². The van der Waals surface area contributed by atoms with Gasteiger partial charge in [0.15, 0.2) is 0 Å². The molecule has 0 aliphatic heterocycles. The van der Waals surface area contributed by atoms with Crippen molar-refractivity contribution in [2.24, 2.45) is 11.3 Å². The van der Waals surface area contributed by atoms with Crippen LogP contribution < -0.4 is 20.5 Å². The molecule has 27 heavy (non-hydrogen) atoms. The number of benzene rings is 1. The lowest BCUT2D eigenvalue weighted by molar-refractivity contribution is 0.102. The molecule has 5 nitrogen and oxygen atoms in total. The number of nitrogens with two attached hydrogens (primary N) is 1. The molecule has 146 valence electrons. The van der Waals surface area contributed by atoms with Gasteiger partial charge in [0, 0.05) is 10.9 Å². The van der Waals surface area contributed by atoms with Crippen LogP contribution in [-0.4, -0.2) is 20.1 Å². The molecule has 1 heterocycles. The van der Waals surface area contributed by atoms with Gasteiger partial charge in [-0.2, -0.15) is 0 Å². The van der Waals surface area contributed by atoms with E-state index < -0.39 is 0 Å². The molecular weight excluding hydrogens is 360 g/mol. The predicted octanol–water partition coefficient (Wildman–Crippen LogP) is 4.75. The number of hydrogen-bond acceptors (Lipinski definition) is 5. The summed E-state index contributed by atoms with van der Waals surface area (Å²) in [6.45, 7) is 6.84. The van der Waals surface area contributed by atoms with E-state index >= 15 is 0 Å². The van der Waals surface area contributed by atoms with Crippen LogP contribution in [0.2, 0.25) is 0 Å². The van der Waals surface area contributed by atoms with Gasteiger partial charge in [-0.1, -0.05) is 20.8 Å². The smallest absolute Gasteiger partial charge is 0.259 e. The molecule has 0 saturated carbocycles. The van der Waals surface area contributed by atoms with E-state index in [1.165, 1.54) is 4.88 Å². The molecule has 2 aromatic rings. The predicted molar refractivity (Wildman–Crippen MR) is 111 cm³/mol. The van der Waals surface area contributed by atoms with E-state index in [9.17, 15) is 4.79 Å². The van der Waals surface area contributed by atoms with Gasteiger partial charge >= 0.3 is 0 Å². The molecule has 0 saturated heterocycles. The quantitative estimate of drug-likeness (QED) is 0.793. The number of nitrogens with one attached hydrogen (secondary N) is 1. The topological polar surface area (TPSA) is 73.6 Å². The van der Waals surface area contributed by atoms with Gasteiger partial charge in [0.1, 0.15) is 11.5 Å². The normalized spacial score (nSPS) is 16.6. The van der Waals surface area contributed by atoms with Crippen molar-refractivity contribution in [3.05, 3.63) is 34.2 Å². The largest absolute Gasteiger partial charge is 0.497 e. The SMILES string of the molecule is COc1ccc(OC)c(NC(=O)c2c(N)sc3c2CCC(C(C)(C)C)C3)c1. The summed E-state index contributed by atoms with van der Waals surface area (Å²) in [5, 5.41) is 3.55. The van der Waals surface area contributed by atoms with E-state index in [4.69, 9.17) is 15.2 Å². The highest BCUT2D eigenvalue weighted by Crippen LogP contribution is 2.43. The second-order valence-corrected chi connectivity index (χ2v) is 9.21. The summed E-state index contributed by atoms with van der Waals surface area (Å²) in [6.07, 6.45) is 2.96. The van der Waals surface area contributed by atoms with Crippen molar-refractivity contribution in [3.63, 3.8) is 0 Å². The summed E-state index contributed by atoms with van der Waals surface area (Å²) in [4.78, 5) is 14.3. The number of fused-ring (bicyclic) bond motifs is 1. The van der Waals surface area contributed by atoms with E-state index in [0.717, 1.165) is 24.8 Å². The number of ether oxygens (including phenoxy) is 2. The molecule has 0 radical (unpaired) electrons. The Hall–Kier alpha value is -2.21. The molecule has 6 heteroatoms. The lowest BCUT2D eigenvalue weighted by Gasteiger charge is -2.33. The van der Waals surface area contributed by atoms with E-state index in [0.29, 0.717) is 33.7 Å². The maximum atomic E-state index is 13.0. The molecule has 0 fully saturated rings. The Morgan fingerprint density at radius 3 is 2.63 bits per heavy atom. The van der Waals surface area contributed by atoms with Crippen LogP contribution in [0.4, 0.5) is 10.7 Å². The highest BCUT2D eigenvalue weighted by atomic mass is 32.1. The number of nitrogen functional groups attached to an aromatic ring is 1. The van der Waals surface area contributed by atoms with Crippen LogP contribution in [0.15, 0.2) is 18.2 Å². The third kappa shape index (κ3) is 3.90. The van der Waals surface area contributed by atoms with Crippen molar-refractivity contribution < 1.29 is 14.3 Å². The Bertz CT molecular complexity index is 852. The minimum Gasteiger partial charge on any atom is -0.497 e. The Morgan fingerprint density at radius 1 is 1.26 bits per heavy atom. The zero-order valence-corrected chi connectivity index (χ0v) is 17.5. The van der Waals surface area contributed by atoms with E-state index in [-0.39, 0.29) is 11.3 Å². The number of thiophene rings is 1. The van der Waals surface area contributed by atoms with Crippen LogP contribution in [0.5, 0.6) is 11.5 Å². The van der Waals surface area contributed by atoms with Crippen LogP contribution in [0.25, 0.3) is 0 Å². The Balaban J connectivity index is 1.88. The van der Waals surface area contributed by atoms with Crippen molar-refractivity contribution >= 4 is 27.9 Å². The first-order valence-electron chi connectivity index (χ1n) is 9.18. The first-order valence-corrected chi connectivity index (χ1v) is 9.99. The average Bonchev–Trinajstić information content (AvgIpc) is 2.95. The number of hydrogen-bond donors (Lipinski definition) is 2. The summed E-state index contributed by atoms with van der Waals surface area (Å²) in [7, 11) is 3.16. The van der Waals surface area contributed by atoms with Crippen molar-refractivity contribution in [2.45, 2.75) is 40.0 Å². The number of rotatable bonds is 4. The van der Waals surface area contributed by atoms with Gasteiger partial charge in [0.05, 0.1) is 30.5 Å². The molecule has 1 amide bonds. The van der Waals surface area contributed by atoms with Gasteiger partial charge in [-0.05, 0) is 48.3 Å².